The summed E-state index contributed by atoms with van der Waals surface area (Å²) in [6.07, 6.45) is -3.79. The van der Waals surface area contributed by atoms with E-state index in [1.807, 2.05) is 0 Å². The number of hydrogen-bond donors (Lipinski definition) is 3. The van der Waals surface area contributed by atoms with Gasteiger partial charge in [-0.15, -0.1) is 0 Å². The maximum absolute atomic E-state index is 12.5. The van der Waals surface area contributed by atoms with E-state index in [2.05, 4.69) is 10.5 Å². The second-order valence-electron chi connectivity index (χ2n) is 4.03. The van der Waals surface area contributed by atoms with Gasteiger partial charge in [0, 0.05) is 18.5 Å². The first-order chi connectivity index (χ1) is 9.34. The molecule has 5 nitrogen and oxygen atoms in total. The Kier molecular flexibility index (Phi) is 5.36. The van der Waals surface area contributed by atoms with Gasteiger partial charge in [-0.25, -0.2) is 0 Å². The van der Waals surface area contributed by atoms with Gasteiger partial charge in [0.15, 0.2) is 0 Å². The number of hydrogen-bond acceptors (Lipinski definition) is 3. The van der Waals surface area contributed by atoms with Crippen molar-refractivity contribution in [3.05, 3.63) is 35.4 Å². The van der Waals surface area contributed by atoms with E-state index < -0.39 is 17.6 Å². The number of amides is 1. The van der Waals surface area contributed by atoms with Gasteiger partial charge in [-0.05, 0) is 24.6 Å². The van der Waals surface area contributed by atoms with Gasteiger partial charge in [-0.1, -0.05) is 11.2 Å². The van der Waals surface area contributed by atoms with Gasteiger partial charge in [0.25, 0.3) is 5.91 Å². The Bertz CT molecular complexity index is 501. The zero-order chi connectivity index (χ0) is 15.2. The molecular formula is C12H14F3N3O2. The molecule has 0 bridgehead atoms. The van der Waals surface area contributed by atoms with Crippen LogP contribution < -0.4 is 11.1 Å². The number of carbonyl (C=O) groups excluding carboxylic acids is 1. The number of nitrogens with two attached hydrogens (primary N) is 1. The molecule has 1 aromatic carbocycles. The van der Waals surface area contributed by atoms with Crippen molar-refractivity contribution >= 4 is 11.7 Å². The second-order valence-corrected chi connectivity index (χ2v) is 4.03. The molecule has 0 radical (unpaired) electrons. The van der Waals surface area contributed by atoms with E-state index in [0.717, 1.165) is 12.1 Å². The zero-order valence-electron chi connectivity index (χ0n) is 10.4. The number of oxime groups is 1. The molecule has 0 saturated carbocycles. The number of carbonyl (C=O) groups is 1. The van der Waals surface area contributed by atoms with E-state index in [1.165, 1.54) is 12.1 Å². The molecule has 1 aromatic rings. The van der Waals surface area contributed by atoms with E-state index in [9.17, 15) is 18.0 Å². The Balaban J connectivity index is 2.56. The van der Waals surface area contributed by atoms with Crippen LogP contribution in [0.1, 0.15) is 28.8 Å². The van der Waals surface area contributed by atoms with Crippen LogP contribution in [0, 0.1) is 0 Å². The monoisotopic (exact) mass is 289 g/mol. The van der Waals surface area contributed by atoms with Crippen molar-refractivity contribution in [2.75, 3.05) is 6.54 Å². The van der Waals surface area contributed by atoms with Crippen molar-refractivity contribution in [2.24, 2.45) is 10.9 Å². The van der Waals surface area contributed by atoms with E-state index in [4.69, 9.17) is 10.9 Å². The van der Waals surface area contributed by atoms with Crippen LogP contribution in [0.2, 0.25) is 0 Å². The molecule has 0 atom stereocenters. The molecule has 8 heteroatoms. The Labute approximate surface area is 113 Å². The van der Waals surface area contributed by atoms with Crippen LogP contribution in [0.4, 0.5) is 13.2 Å². The summed E-state index contributed by atoms with van der Waals surface area (Å²) in [6, 6.07) is 4.16. The Morgan fingerprint density at radius 1 is 1.40 bits per heavy atom. The number of rotatable bonds is 5. The summed E-state index contributed by atoms with van der Waals surface area (Å²) in [5.74, 6) is -0.575. The first-order valence-electron chi connectivity index (χ1n) is 5.76. The highest BCUT2D eigenvalue weighted by molar-refractivity contribution is 5.94. The highest BCUT2D eigenvalue weighted by Gasteiger charge is 2.30. The van der Waals surface area contributed by atoms with Crippen LogP contribution in [0.25, 0.3) is 0 Å². The minimum atomic E-state index is -4.48. The van der Waals surface area contributed by atoms with Crippen molar-refractivity contribution in [2.45, 2.75) is 19.0 Å². The Morgan fingerprint density at radius 3 is 2.70 bits per heavy atom. The lowest BCUT2D eigenvalue weighted by atomic mass is 10.1. The number of halogens is 3. The molecule has 0 aliphatic heterocycles. The number of benzene rings is 1. The fraction of sp³-hybridized carbons (Fsp3) is 0.333. The molecule has 0 aliphatic rings. The lowest BCUT2D eigenvalue weighted by molar-refractivity contribution is -0.137. The number of alkyl halides is 3. The van der Waals surface area contributed by atoms with Crippen molar-refractivity contribution in [1.29, 1.82) is 0 Å². The maximum atomic E-state index is 12.5. The molecular weight excluding hydrogens is 275 g/mol. The van der Waals surface area contributed by atoms with Crippen molar-refractivity contribution < 1.29 is 23.2 Å². The van der Waals surface area contributed by atoms with Crippen molar-refractivity contribution in [1.82, 2.24) is 5.32 Å². The van der Waals surface area contributed by atoms with E-state index in [1.54, 1.807) is 0 Å². The third-order valence-electron chi connectivity index (χ3n) is 2.48. The zero-order valence-corrected chi connectivity index (χ0v) is 10.4. The van der Waals surface area contributed by atoms with Crippen LogP contribution in [0.3, 0.4) is 0 Å². The fourth-order valence-electron chi connectivity index (χ4n) is 1.46. The standard InChI is InChI=1S/C12H14F3N3O2/c13-12(14,15)9-4-1-3-8(7-9)11(19)17-6-2-5-10(16)18-20/h1,3-4,7,20H,2,5-6H2,(H2,16,18)(H,17,19). The largest absolute Gasteiger partial charge is 0.416 e. The summed E-state index contributed by atoms with van der Waals surface area (Å²) in [7, 11) is 0. The first-order valence-corrected chi connectivity index (χ1v) is 5.76. The Morgan fingerprint density at radius 2 is 2.10 bits per heavy atom. The second kappa shape index (κ2) is 6.78. The summed E-state index contributed by atoms with van der Waals surface area (Å²) in [5, 5.41) is 13.5. The molecule has 0 saturated heterocycles. The lowest BCUT2D eigenvalue weighted by Gasteiger charge is -2.09. The van der Waals surface area contributed by atoms with Gasteiger partial charge in [0.2, 0.25) is 0 Å². The average Bonchev–Trinajstić information content (AvgIpc) is 2.42. The topological polar surface area (TPSA) is 87.7 Å². The maximum Gasteiger partial charge on any atom is 0.416 e. The summed E-state index contributed by atoms with van der Waals surface area (Å²) >= 11 is 0. The predicted molar refractivity (Wildman–Crippen MR) is 66.4 cm³/mol. The van der Waals surface area contributed by atoms with Crippen molar-refractivity contribution in [3.63, 3.8) is 0 Å². The minimum Gasteiger partial charge on any atom is -0.409 e. The highest BCUT2D eigenvalue weighted by Crippen LogP contribution is 2.29. The SMILES string of the molecule is NC(CCCNC(=O)c1cccc(C(F)(F)F)c1)=NO. The molecule has 0 fully saturated rings. The van der Waals surface area contributed by atoms with Gasteiger partial charge in [-0.3, -0.25) is 4.79 Å². The normalized spacial score (nSPS) is 12.2. The highest BCUT2D eigenvalue weighted by atomic mass is 19.4. The lowest BCUT2D eigenvalue weighted by Crippen LogP contribution is -2.26. The van der Waals surface area contributed by atoms with Crippen LogP contribution >= 0.6 is 0 Å². The van der Waals surface area contributed by atoms with Crippen LogP contribution in [-0.2, 0) is 6.18 Å². The third-order valence-corrected chi connectivity index (χ3v) is 2.48. The van der Waals surface area contributed by atoms with Crippen molar-refractivity contribution in [3.8, 4) is 0 Å². The summed E-state index contributed by atoms with van der Waals surface area (Å²) in [6.45, 7) is 0.214. The van der Waals surface area contributed by atoms with Gasteiger partial charge >= 0.3 is 6.18 Å². The molecule has 1 amide bonds. The number of nitrogens with zero attached hydrogens (tertiary/aromatic N) is 1. The average molecular weight is 289 g/mol. The molecule has 0 aromatic heterocycles. The molecule has 0 aliphatic carbocycles. The quantitative estimate of drug-likeness (QED) is 0.254. The molecule has 0 spiro atoms. The molecule has 20 heavy (non-hydrogen) atoms. The predicted octanol–water partition coefficient (Wildman–Crippen LogP) is 1.96. The van der Waals surface area contributed by atoms with E-state index in [-0.39, 0.29) is 24.4 Å². The first kappa shape index (κ1) is 15.8. The molecule has 0 heterocycles. The summed E-state index contributed by atoms with van der Waals surface area (Å²) < 4.78 is 37.4. The molecule has 1 rings (SSSR count). The van der Waals surface area contributed by atoms with Gasteiger partial charge < -0.3 is 16.3 Å². The Hall–Kier alpha value is -2.25. The number of nitrogens with one attached hydrogen (secondary N) is 1. The summed E-state index contributed by atoms with van der Waals surface area (Å²) in [5.41, 5.74) is 4.29. The molecule has 4 N–H and O–H groups in total. The fourth-order valence-corrected chi connectivity index (χ4v) is 1.46. The van der Waals surface area contributed by atoms with E-state index in [0.29, 0.717) is 6.42 Å². The molecule has 110 valence electrons. The van der Waals surface area contributed by atoms with Crippen LogP contribution in [0.15, 0.2) is 29.4 Å². The third kappa shape index (κ3) is 4.79. The minimum absolute atomic E-state index is 0.0262. The van der Waals surface area contributed by atoms with Gasteiger partial charge in [0.1, 0.15) is 5.84 Å². The van der Waals surface area contributed by atoms with E-state index >= 15 is 0 Å². The van der Waals surface area contributed by atoms with Crippen LogP contribution in [-0.4, -0.2) is 23.5 Å². The smallest absolute Gasteiger partial charge is 0.409 e. The van der Waals surface area contributed by atoms with Crippen LogP contribution in [0.5, 0.6) is 0 Å². The molecule has 0 unspecified atom stereocenters. The van der Waals surface area contributed by atoms with Gasteiger partial charge in [-0.2, -0.15) is 13.2 Å². The summed E-state index contributed by atoms with van der Waals surface area (Å²) in [4.78, 5) is 11.6. The number of amidine groups is 1. The van der Waals surface area contributed by atoms with Gasteiger partial charge in [0.05, 0.1) is 5.56 Å².